The van der Waals surface area contributed by atoms with Crippen LogP contribution in [-0.2, 0) is 16.6 Å². The molecule has 1 N–H and O–H groups in total. The van der Waals surface area contributed by atoms with Crippen LogP contribution in [0.4, 0.5) is 4.39 Å². The lowest BCUT2D eigenvalue weighted by atomic mass is 10.3. The molecule has 162 valence electrons. The van der Waals surface area contributed by atoms with E-state index in [4.69, 9.17) is 4.74 Å². The molecule has 13 heteroatoms. The first-order chi connectivity index (χ1) is 14.9. The summed E-state index contributed by atoms with van der Waals surface area (Å²) in [6.07, 6.45) is 0. The van der Waals surface area contributed by atoms with Crippen molar-refractivity contribution in [2.75, 3.05) is 0 Å². The largest absolute Gasteiger partial charge is 0.424 e. The van der Waals surface area contributed by atoms with Gasteiger partial charge in [-0.25, -0.2) is 12.8 Å². The van der Waals surface area contributed by atoms with E-state index in [2.05, 4.69) is 24.5 Å². The van der Waals surface area contributed by atoms with Crippen molar-refractivity contribution in [3.8, 4) is 22.3 Å². The lowest BCUT2D eigenvalue weighted by Gasteiger charge is -2.14. The second kappa shape index (κ2) is 8.78. The van der Waals surface area contributed by atoms with E-state index in [9.17, 15) is 12.8 Å². The van der Waals surface area contributed by atoms with Crippen LogP contribution in [0, 0.1) is 5.82 Å². The molecule has 4 aromatic rings. The first-order valence-electron chi connectivity index (χ1n) is 9.13. The average molecular weight is 481 g/mol. The summed E-state index contributed by atoms with van der Waals surface area (Å²) in [6, 6.07) is 8.24. The number of nitrogens with one attached hydrogen (secondary N) is 1. The summed E-state index contributed by atoms with van der Waals surface area (Å²) in [5, 5.41) is 13.8. The van der Waals surface area contributed by atoms with Crippen LogP contribution in [0.3, 0.4) is 0 Å². The smallest absolute Gasteiger partial charge is 0.322 e. The fourth-order valence-electron chi connectivity index (χ4n) is 2.82. The minimum atomic E-state index is -3.80. The predicted octanol–water partition coefficient (Wildman–Crippen LogP) is 3.85. The number of sulfonamides is 1. The summed E-state index contributed by atoms with van der Waals surface area (Å²) in [5.74, 6) is 0.408. The zero-order chi connectivity index (χ0) is 22.0. The van der Waals surface area contributed by atoms with Gasteiger partial charge < -0.3 is 4.74 Å². The highest BCUT2D eigenvalue weighted by Crippen LogP contribution is 2.31. The summed E-state index contributed by atoms with van der Waals surface area (Å²) in [4.78, 5) is 0.716. The van der Waals surface area contributed by atoms with Gasteiger partial charge in [0.25, 0.3) is 10.0 Å². The van der Waals surface area contributed by atoms with Gasteiger partial charge in [-0.15, -0.1) is 21.5 Å². The lowest BCUT2D eigenvalue weighted by molar-refractivity contribution is 0.407. The van der Waals surface area contributed by atoms with Crippen LogP contribution in [0.2, 0.25) is 0 Å². The summed E-state index contributed by atoms with van der Waals surface area (Å²) >= 11 is 2.31. The third kappa shape index (κ3) is 4.63. The summed E-state index contributed by atoms with van der Waals surface area (Å²) in [7, 11) is -3.80. The summed E-state index contributed by atoms with van der Waals surface area (Å²) in [6.45, 7) is 3.98. The Morgan fingerprint density at radius 1 is 1.16 bits per heavy atom. The molecule has 0 aliphatic heterocycles. The number of rotatable bonds is 8. The van der Waals surface area contributed by atoms with E-state index in [1.807, 2.05) is 6.92 Å². The molecule has 0 bridgehead atoms. The van der Waals surface area contributed by atoms with Crippen LogP contribution in [0.25, 0.3) is 10.6 Å². The molecule has 0 aliphatic rings. The molecule has 0 saturated carbocycles. The number of ether oxygens (including phenoxy) is 1. The first-order valence-corrected chi connectivity index (χ1v) is 12.3. The Hall–Kier alpha value is -2.74. The van der Waals surface area contributed by atoms with Crippen molar-refractivity contribution in [1.29, 1.82) is 0 Å². The molecule has 0 fully saturated rings. The minimum Gasteiger partial charge on any atom is -0.424 e. The zero-order valence-electron chi connectivity index (χ0n) is 16.4. The van der Waals surface area contributed by atoms with Crippen molar-refractivity contribution in [3.05, 3.63) is 53.4 Å². The minimum absolute atomic E-state index is 0.160. The maximum absolute atomic E-state index is 13.1. The van der Waals surface area contributed by atoms with E-state index in [1.54, 1.807) is 22.9 Å². The van der Waals surface area contributed by atoms with Crippen molar-refractivity contribution in [2.45, 2.75) is 30.6 Å². The average Bonchev–Trinajstić information content (AvgIpc) is 3.49. The van der Waals surface area contributed by atoms with Gasteiger partial charge >= 0.3 is 6.01 Å². The van der Waals surface area contributed by atoms with Crippen LogP contribution in [0.15, 0.2) is 46.0 Å². The Kier molecular flexibility index (Phi) is 6.09. The number of aromatic nitrogens is 5. The monoisotopic (exact) mass is 480 g/mol. The second-order valence-electron chi connectivity index (χ2n) is 6.39. The quantitative estimate of drug-likeness (QED) is 0.408. The number of nitrogens with zero attached hydrogens (tertiary/aromatic N) is 5. The molecule has 0 spiro atoms. The molecule has 0 saturated heterocycles. The third-order valence-electron chi connectivity index (χ3n) is 4.26. The SMILES string of the molecule is CCn1c(Oc2ccc(F)cc2)nnc1[C@@H](C)NS(=O)(=O)c1ccc(-c2csnn2)s1. The van der Waals surface area contributed by atoms with Gasteiger partial charge in [0.2, 0.25) is 0 Å². The van der Waals surface area contributed by atoms with Crippen LogP contribution in [0.1, 0.15) is 25.7 Å². The Balaban J connectivity index is 1.53. The maximum Gasteiger partial charge on any atom is 0.322 e. The fourth-order valence-corrected chi connectivity index (χ4v) is 5.83. The van der Waals surface area contributed by atoms with E-state index >= 15 is 0 Å². The predicted molar refractivity (Wildman–Crippen MR) is 114 cm³/mol. The topological polar surface area (TPSA) is 112 Å². The van der Waals surface area contributed by atoms with Gasteiger partial charge in [-0.2, -0.15) is 4.72 Å². The summed E-state index contributed by atoms with van der Waals surface area (Å²) in [5.41, 5.74) is 0.637. The Morgan fingerprint density at radius 2 is 1.94 bits per heavy atom. The molecule has 3 heterocycles. The highest BCUT2D eigenvalue weighted by Gasteiger charge is 2.25. The van der Waals surface area contributed by atoms with E-state index in [1.165, 1.54) is 41.9 Å². The van der Waals surface area contributed by atoms with E-state index in [0.29, 0.717) is 28.7 Å². The van der Waals surface area contributed by atoms with Crippen LogP contribution in [-0.4, -0.2) is 32.8 Å². The molecule has 0 aliphatic carbocycles. The molecule has 1 atom stereocenters. The number of benzene rings is 1. The molecular weight excluding hydrogens is 463 g/mol. The maximum atomic E-state index is 13.1. The molecule has 0 unspecified atom stereocenters. The molecule has 9 nitrogen and oxygen atoms in total. The number of hydrogen-bond donors (Lipinski definition) is 1. The highest BCUT2D eigenvalue weighted by molar-refractivity contribution is 7.91. The fraction of sp³-hybridized carbons (Fsp3) is 0.222. The Labute approximate surface area is 185 Å². The van der Waals surface area contributed by atoms with Crippen LogP contribution in [0.5, 0.6) is 11.8 Å². The molecule has 31 heavy (non-hydrogen) atoms. The molecule has 3 aromatic heterocycles. The summed E-state index contributed by atoms with van der Waals surface area (Å²) < 4.78 is 52.8. The van der Waals surface area contributed by atoms with Crippen molar-refractivity contribution in [2.24, 2.45) is 0 Å². The molecule has 0 radical (unpaired) electrons. The second-order valence-corrected chi connectivity index (χ2v) is 10.0. The third-order valence-corrected chi connectivity index (χ3v) is 7.91. The first kappa shape index (κ1) is 21.5. The van der Waals surface area contributed by atoms with Crippen molar-refractivity contribution in [3.63, 3.8) is 0 Å². The highest BCUT2D eigenvalue weighted by atomic mass is 32.2. The van der Waals surface area contributed by atoms with Gasteiger partial charge in [-0.1, -0.05) is 9.59 Å². The van der Waals surface area contributed by atoms with E-state index in [-0.39, 0.29) is 16.0 Å². The number of halogens is 1. The number of thiophene rings is 1. The van der Waals surface area contributed by atoms with Crippen LogP contribution < -0.4 is 9.46 Å². The lowest BCUT2D eigenvalue weighted by Crippen LogP contribution is -2.28. The van der Waals surface area contributed by atoms with E-state index in [0.717, 1.165) is 11.3 Å². The molecule has 0 amide bonds. The van der Waals surface area contributed by atoms with Gasteiger partial charge in [-0.3, -0.25) is 4.57 Å². The Morgan fingerprint density at radius 3 is 2.61 bits per heavy atom. The van der Waals surface area contributed by atoms with Gasteiger partial charge in [-0.05, 0) is 61.8 Å². The number of hydrogen-bond acceptors (Lipinski definition) is 9. The Bertz CT molecular complexity index is 1270. The standard InChI is InChI=1S/C18H17FN6O3S3/c1-3-25-17(21-22-18(25)28-13-6-4-12(19)5-7-13)11(2)23-31(26,27)16-9-8-15(30-16)14-10-29-24-20-14/h4-11,23H,3H2,1-2H3/t11-/m1/s1. The van der Waals surface area contributed by atoms with E-state index < -0.39 is 16.1 Å². The van der Waals surface area contributed by atoms with Crippen molar-refractivity contribution < 1.29 is 17.5 Å². The van der Waals surface area contributed by atoms with Gasteiger partial charge in [0.05, 0.1) is 10.9 Å². The normalized spacial score (nSPS) is 12.7. The van der Waals surface area contributed by atoms with Gasteiger partial charge in [0, 0.05) is 11.9 Å². The van der Waals surface area contributed by atoms with Crippen molar-refractivity contribution in [1.82, 2.24) is 29.1 Å². The van der Waals surface area contributed by atoms with Crippen LogP contribution >= 0.6 is 22.9 Å². The van der Waals surface area contributed by atoms with Crippen molar-refractivity contribution >= 4 is 32.9 Å². The van der Waals surface area contributed by atoms with Gasteiger partial charge in [0.1, 0.15) is 21.5 Å². The molecule has 1 aromatic carbocycles. The zero-order valence-corrected chi connectivity index (χ0v) is 18.8. The molecule has 4 rings (SSSR count). The van der Waals surface area contributed by atoms with Gasteiger partial charge in [0.15, 0.2) is 5.82 Å². The molecular formula is C18H17FN6O3S3.